The summed E-state index contributed by atoms with van der Waals surface area (Å²) in [6.07, 6.45) is 0.798. The minimum atomic E-state index is -1.33. The van der Waals surface area contributed by atoms with Crippen LogP contribution < -0.4 is 14.4 Å². The van der Waals surface area contributed by atoms with E-state index in [1.807, 2.05) is 48.5 Å². The molecule has 0 saturated carbocycles. The molecule has 1 fully saturated rings. The van der Waals surface area contributed by atoms with Crippen LogP contribution in [0.5, 0.6) is 11.5 Å². The van der Waals surface area contributed by atoms with Gasteiger partial charge in [-0.05, 0) is 22.3 Å². The Kier molecular flexibility index (Phi) is 4.91. The normalized spacial score (nSPS) is 24.7. The van der Waals surface area contributed by atoms with Crippen molar-refractivity contribution in [2.45, 2.75) is 25.2 Å². The van der Waals surface area contributed by atoms with Gasteiger partial charge in [0.05, 0.1) is 22.9 Å². The van der Waals surface area contributed by atoms with Crippen LogP contribution in [0, 0.1) is 11.8 Å². The van der Waals surface area contributed by atoms with E-state index < -0.39 is 46.9 Å². The first-order valence-corrected chi connectivity index (χ1v) is 11.8. The average Bonchev–Trinajstić information content (AvgIpc) is 3.13. The van der Waals surface area contributed by atoms with Crippen LogP contribution in [0.3, 0.4) is 0 Å². The largest absolute Gasteiger partial charge is 0.427 e. The van der Waals surface area contributed by atoms with E-state index in [-0.39, 0.29) is 17.2 Å². The van der Waals surface area contributed by atoms with E-state index >= 15 is 0 Å². The van der Waals surface area contributed by atoms with Crippen molar-refractivity contribution in [1.29, 1.82) is 0 Å². The summed E-state index contributed by atoms with van der Waals surface area (Å²) in [6, 6.07) is 19.0. The van der Waals surface area contributed by atoms with Gasteiger partial charge in [-0.3, -0.25) is 19.2 Å². The van der Waals surface area contributed by atoms with Crippen molar-refractivity contribution in [1.82, 2.24) is 0 Å². The lowest BCUT2D eigenvalue weighted by atomic mass is 9.48. The SMILES string of the molecule is CC(=O)Oc1cc(OC(C)=O)cc(N2C(=O)C3C4c5ccccc5C(C=O)(c5ccccc54)C3C2=O)c1. The molecule has 7 rings (SSSR count). The summed E-state index contributed by atoms with van der Waals surface area (Å²) in [7, 11) is 0. The maximum absolute atomic E-state index is 14.1. The summed E-state index contributed by atoms with van der Waals surface area (Å²) in [6.45, 7) is 2.41. The third-order valence-corrected chi connectivity index (χ3v) is 7.52. The van der Waals surface area contributed by atoms with Crippen LogP contribution in [-0.2, 0) is 29.4 Å². The van der Waals surface area contributed by atoms with Crippen LogP contribution in [0.15, 0.2) is 66.7 Å². The monoisotopic (exact) mass is 495 g/mol. The molecule has 0 spiro atoms. The molecule has 0 N–H and O–H groups in total. The van der Waals surface area contributed by atoms with Crippen molar-refractivity contribution >= 4 is 35.7 Å². The van der Waals surface area contributed by atoms with Crippen LogP contribution in [0.4, 0.5) is 5.69 Å². The number of aldehydes is 1. The van der Waals surface area contributed by atoms with Gasteiger partial charge in [0.15, 0.2) is 0 Å². The summed E-state index contributed by atoms with van der Waals surface area (Å²) >= 11 is 0. The molecule has 2 atom stereocenters. The number of hydrogen-bond donors (Lipinski definition) is 0. The van der Waals surface area contributed by atoms with Crippen molar-refractivity contribution in [2.24, 2.45) is 11.8 Å². The molecular formula is C29H21NO7. The third kappa shape index (κ3) is 3.05. The van der Waals surface area contributed by atoms with Crippen molar-refractivity contribution in [3.05, 3.63) is 89.0 Å². The number of nitrogens with zero attached hydrogens (tertiary/aromatic N) is 1. The number of carbonyl (C=O) groups excluding carboxylic acids is 5. The number of imide groups is 1. The smallest absolute Gasteiger partial charge is 0.308 e. The molecule has 1 saturated heterocycles. The van der Waals surface area contributed by atoms with Gasteiger partial charge in [0.2, 0.25) is 11.8 Å². The predicted octanol–water partition coefficient (Wildman–Crippen LogP) is 3.29. The van der Waals surface area contributed by atoms with Crippen LogP contribution in [0.1, 0.15) is 42.0 Å². The molecule has 0 radical (unpaired) electrons. The summed E-state index contributed by atoms with van der Waals surface area (Å²) < 4.78 is 10.4. The highest BCUT2D eigenvalue weighted by atomic mass is 16.5. The number of rotatable bonds is 4. The van der Waals surface area contributed by atoms with Gasteiger partial charge in [0.25, 0.3) is 0 Å². The third-order valence-electron chi connectivity index (χ3n) is 7.52. The molecule has 2 unspecified atom stereocenters. The first-order chi connectivity index (χ1) is 17.8. The molecule has 8 heteroatoms. The molecule has 184 valence electrons. The van der Waals surface area contributed by atoms with Gasteiger partial charge in [0.1, 0.15) is 17.8 Å². The standard InChI is InChI=1S/C29H21NO7/c1-15(32)36-18-11-17(12-19(13-18)37-16(2)33)30-27(34)25-24-20-7-3-5-9-22(20)29(14-31,26(25)28(30)35)23-10-6-4-8-21(23)24/h3-14,24-26H,1-2H3. The fraction of sp³-hybridized carbons (Fsp3) is 0.207. The van der Waals surface area contributed by atoms with Crippen molar-refractivity contribution in [2.75, 3.05) is 4.90 Å². The van der Waals surface area contributed by atoms with E-state index in [2.05, 4.69) is 0 Å². The van der Waals surface area contributed by atoms with Gasteiger partial charge in [-0.25, -0.2) is 4.90 Å². The zero-order valence-electron chi connectivity index (χ0n) is 20.0. The van der Waals surface area contributed by atoms with Crippen molar-refractivity contribution in [3.63, 3.8) is 0 Å². The van der Waals surface area contributed by atoms with Gasteiger partial charge in [-0.15, -0.1) is 0 Å². The zero-order chi connectivity index (χ0) is 26.1. The Bertz CT molecular complexity index is 1460. The Balaban J connectivity index is 1.55. The van der Waals surface area contributed by atoms with Gasteiger partial charge in [-0.1, -0.05) is 48.5 Å². The molecule has 3 aliphatic carbocycles. The lowest BCUT2D eigenvalue weighted by Gasteiger charge is -2.51. The lowest BCUT2D eigenvalue weighted by molar-refractivity contribution is -0.132. The number of anilines is 1. The average molecular weight is 495 g/mol. The number of amides is 2. The van der Waals surface area contributed by atoms with Crippen LogP contribution in [0.25, 0.3) is 0 Å². The van der Waals surface area contributed by atoms with Gasteiger partial charge in [-0.2, -0.15) is 0 Å². The molecule has 1 heterocycles. The van der Waals surface area contributed by atoms with E-state index in [1.165, 1.54) is 32.0 Å². The quantitative estimate of drug-likeness (QED) is 0.237. The highest BCUT2D eigenvalue weighted by Crippen LogP contribution is 2.63. The number of hydrogen-bond acceptors (Lipinski definition) is 7. The summed E-state index contributed by atoms with van der Waals surface area (Å²) in [5.74, 6) is -4.41. The number of ether oxygens (including phenoxy) is 2. The topological polar surface area (TPSA) is 107 Å². The molecule has 0 aromatic heterocycles. The van der Waals surface area contributed by atoms with E-state index in [0.717, 1.165) is 33.4 Å². The molecule has 4 aliphatic rings. The van der Waals surface area contributed by atoms with Gasteiger partial charge in [0, 0.05) is 38.0 Å². The van der Waals surface area contributed by atoms with E-state index in [0.29, 0.717) is 0 Å². The second kappa shape index (κ2) is 7.96. The first kappa shape index (κ1) is 22.8. The van der Waals surface area contributed by atoms with E-state index in [9.17, 15) is 24.0 Å². The first-order valence-electron chi connectivity index (χ1n) is 11.8. The molecule has 3 aromatic rings. The molecule has 37 heavy (non-hydrogen) atoms. The second-order valence-corrected chi connectivity index (χ2v) is 9.50. The summed E-state index contributed by atoms with van der Waals surface area (Å²) in [5.41, 5.74) is 1.92. The van der Waals surface area contributed by atoms with Gasteiger partial charge < -0.3 is 14.3 Å². The Morgan fingerprint density at radius 2 is 1.32 bits per heavy atom. The number of carbonyl (C=O) groups is 5. The minimum Gasteiger partial charge on any atom is -0.427 e. The Labute approximate surface area is 211 Å². The highest BCUT2D eigenvalue weighted by Gasteiger charge is 2.68. The predicted molar refractivity (Wildman–Crippen MR) is 130 cm³/mol. The second-order valence-electron chi connectivity index (χ2n) is 9.50. The van der Waals surface area contributed by atoms with E-state index in [4.69, 9.17) is 9.47 Å². The molecular weight excluding hydrogens is 474 g/mol. The summed E-state index contributed by atoms with van der Waals surface area (Å²) in [5, 5.41) is 0. The maximum Gasteiger partial charge on any atom is 0.308 e. The maximum atomic E-state index is 14.1. The fourth-order valence-electron chi connectivity index (χ4n) is 6.42. The molecule has 1 aliphatic heterocycles. The Morgan fingerprint density at radius 1 is 0.811 bits per heavy atom. The minimum absolute atomic E-state index is 0.0105. The fourth-order valence-corrected chi connectivity index (χ4v) is 6.42. The van der Waals surface area contributed by atoms with Crippen LogP contribution in [-0.4, -0.2) is 30.0 Å². The molecule has 2 amide bonds. The highest BCUT2D eigenvalue weighted by molar-refractivity contribution is 6.25. The zero-order valence-corrected chi connectivity index (χ0v) is 20.0. The Hall–Kier alpha value is -4.59. The van der Waals surface area contributed by atoms with Crippen molar-refractivity contribution in [3.8, 4) is 11.5 Å². The number of benzene rings is 3. The Morgan fingerprint density at radius 3 is 1.81 bits per heavy atom. The molecule has 3 aromatic carbocycles. The molecule has 8 nitrogen and oxygen atoms in total. The van der Waals surface area contributed by atoms with E-state index in [1.54, 1.807) is 0 Å². The van der Waals surface area contributed by atoms with Crippen molar-refractivity contribution < 1.29 is 33.4 Å². The summed E-state index contributed by atoms with van der Waals surface area (Å²) in [4.78, 5) is 65.5. The molecule has 2 bridgehead atoms. The van der Waals surface area contributed by atoms with Crippen LogP contribution in [0.2, 0.25) is 0 Å². The number of esters is 2. The van der Waals surface area contributed by atoms with Crippen LogP contribution >= 0.6 is 0 Å². The lowest BCUT2D eigenvalue weighted by Crippen LogP contribution is -2.54. The van der Waals surface area contributed by atoms with Gasteiger partial charge >= 0.3 is 11.9 Å².